The first-order valence-electron chi connectivity index (χ1n) is 7.85. The number of allylic oxidation sites excluding steroid dienone is 1. The first-order chi connectivity index (χ1) is 12.5. The molecule has 3 N–H and O–H groups in total. The highest BCUT2D eigenvalue weighted by Crippen LogP contribution is 2.51. The average Bonchev–Trinajstić information content (AvgIpc) is 2.88. The third kappa shape index (κ3) is 2.33. The minimum atomic E-state index is -1.71. The number of ether oxygens (including phenoxy) is 3. The van der Waals surface area contributed by atoms with E-state index in [0.717, 1.165) is 0 Å². The Hall–Kier alpha value is -3.31. The number of carbonyl (C=O) groups is 2. The Bertz CT molecular complexity index is 896. The fraction of sp³-hybridized carbons (Fsp3) is 0.278. The molecule has 1 aromatic carbocycles. The highest BCUT2D eigenvalue weighted by atomic mass is 16.6. The van der Waals surface area contributed by atoms with Crippen LogP contribution in [0.5, 0.6) is 0 Å². The third-order valence-electron chi connectivity index (χ3n) is 4.37. The molecule has 1 aromatic rings. The standard InChI is InChI=1S/C18H17N3O5/c1-10-14(16(22)25-8-7-24-2)18(12(9-19)15(20)26-10)11-5-3-4-6-13(11)21-17(18)23/h3-6H,7-8,20H2,1-2H3,(H,21,23)/t18-/m0/s1. The van der Waals surface area contributed by atoms with Gasteiger partial charge in [-0.25, -0.2) is 4.79 Å². The van der Waals surface area contributed by atoms with Crippen molar-refractivity contribution in [2.75, 3.05) is 25.6 Å². The van der Waals surface area contributed by atoms with Gasteiger partial charge in [-0.05, 0) is 13.0 Å². The second-order valence-electron chi connectivity index (χ2n) is 5.76. The van der Waals surface area contributed by atoms with E-state index in [-0.39, 0.29) is 36.0 Å². The van der Waals surface area contributed by atoms with Crippen LogP contribution in [0.2, 0.25) is 0 Å². The van der Waals surface area contributed by atoms with Crippen LogP contribution < -0.4 is 11.1 Å². The minimum absolute atomic E-state index is 0.00740. The quantitative estimate of drug-likeness (QED) is 0.611. The lowest BCUT2D eigenvalue weighted by Crippen LogP contribution is -2.45. The largest absolute Gasteiger partial charge is 0.460 e. The number of hydrogen-bond acceptors (Lipinski definition) is 7. The van der Waals surface area contributed by atoms with Crippen molar-refractivity contribution >= 4 is 17.6 Å². The number of fused-ring (bicyclic) bond motifs is 2. The Morgan fingerprint density at radius 3 is 2.81 bits per heavy atom. The molecule has 134 valence electrons. The second kappa shape index (κ2) is 6.54. The van der Waals surface area contributed by atoms with Gasteiger partial charge in [-0.3, -0.25) is 4.79 Å². The maximum Gasteiger partial charge on any atom is 0.339 e. The predicted octanol–water partition coefficient (Wildman–Crippen LogP) is 1.06. The molecule has 0 fully saturated rings. The number of methoxy groups -OCH3 is 1. The Balaban J connectivity index is 2.23. The van der Waals surface area contributed by atoms with Gasteiger partial charge in [0.1, 0.15) is 29.6 Å². The lowest BCUT2D eigenvalue weighted by atomic mass is 9.68. The number of hydrogen-bond donors (Lipinski definition) is 2. The summed E-state index contributed by atoms with van der Waals surface area (Å²) in [5.74, 6) is -1.44. The topological polar surface area (TPSA) is 124 Å². The molecule has 1 spiro atoms. The molecule has 2 aliphatic rings. The van der Waals surface area contributed by atoms with Gasteiger partial charge in [0.2, 0.25) is 11.8 Å². The van der Waals surface area contributed by atoms with E-state index in [0.29, 0.717) is 11.3 Å². The van der Waals surface area contributed by atoms with Gasteiger partial charge in [-0.15, -0.1) is 0 Å². The molecule has 8 heteroatoms. The summed E-state index contributed by atoms with van der Waals surface area (Å²) < 4.78 is 15.5. The van der Waals surface area contributed by atoms with E-state index in [2.05, 4.69) is 5.32 Å². The molecule has 0 aromatic heterocycles. The number of rotatable bonds is 4. The monoisotopic (exact) mass is 355 g/mol. The smallest absolute Gasteiger partial charge is 0.339 e. The summed E-state index contributed by atoms with van der Waals surface area (Å²) in [7, 11) is 1.47. The van der Waals surface area contributed by atoms with Crippen molar-refractivity contribution in [2.24, 2.45) is 5.73 Å². The maximum absolute atomic E-state index is 13.0. The Labute approximate surface area is 149 Å². The van der Waals surface area contributed by atoms with Gasteiger partial charge in [0.25, 0.3) is 0 Å². The summed E-state index contributed by atoms with van der Waals surface area (Å²) in [5.41, 5.74) is 4.91. The van der Waals surface area contributed by atoms with Crippen molar-refractivity contribution < 1.29 is 23.8 Å². The average molecular weight is 355 g/mol. The Morgan fingerprint density at radius 1 is 1.38 bits per heavy atom. The number of carbonyl (C=O) groups excluding carboxylic acids is 2. The highest BCUT2D eigenvalue weighted by molar-refractivity contribution is 6.17. The summed E-state index contributed by atoms with van der Waals surface area (Å²) >= 11 is 0. The van der Waals surface area contributed by atoms with Crippen molar-refractivity contribution in [1.82, 2.24) is 0 Å². The number of nitrogens with zero attached hydrogens (tertiary/aromatic N) is 1. The summed E-state index contributed by atoms with van der Waals surface area (Å²) in [6.45, 7) is 1.69. The van der Waals surface area contributed by atoms with Gasteiger partial charge >= 0.3 is 5.97 Å². The number of nitriles is 1. The SMILES string of the molecule is COCCOC(=O)C1=C(C)OC(N)=C(C#N)[C@]12C(=O)Nc1ccccc12. The van der Waals surface area contributed by atoms with Crippen molar-refractivity contribution in [3.63, 3.8) is 0 Å². The fourth-order valence-corrected chi connectivity index (χ4v) is 3.32. The van der Waals surface area contributed by atoms with E-state index >= 15 is 0 Å². The molecule has 0 aliphatic carbocycles. The zero-order valence-corrected chi connectivity index (χ0v) is 14.3. The maximum atomic E-state index is 13.0. The third-order valence-corrected chi connectivity index (χ3v) is 4.37. The van der Waals surface area contributed by atoms with Crippen LogP contribution in [0, 0.1) is 11.3 Å². The summed E-state index contributed by atoms with van der Waals surface area (Å²) in [5, 5.41) is 12.4. The fourth-order valence-electron chi connectivity index (χ4n) is 3.32. The number of nitrogens with one attached hydrogen (secondary N) is 1. The van der Waals surface area contributed by atoms with E-state index in [4.69, 9.17) is 19.9 Å². The first-order valence-corrected chi connectivity index (χ1v) is 7.85. The number of esters is 1. The first kappa shape index (κ1) is 17.5. The highest BCUT2D eigenvalue weighted by Gasteiger charge is 2.59. The number of amides is 1. The van der Waals surface area contributed by atoms with Gasteiger partial charge in [0.15, 0.2) is 5.41 Å². The van der Waals surface area contributed by atoms with Crippen LogP contribution in [0.3, 0.4) is 0 Å². The van der Waals surface area contributed by atoms with Crippen LogP contribution in [0.1, 0.15) is 12.5 Å². The molecule has 2 aliphatic heterocycles. The van der Waals surface area contributed by atoms with Crippen LogP contribution >= 0.6 is 0 Å². The lowest BCUT2D eigenvalue weighted by molar-refractivity contribution is -0.142. The van der Waals surface area contributed by atoms with Crippen LogP contribution in [0.15, 0.2) is 47.1 Å². The lowest BCUT2D eigenvalue weighted by Gasteiger charge is -2.33. The number of para-hydroxylation sites is 1. The van der Waals surface area contributed by atoms with Gasteiger partial charge in [0.05, 0.1) is 6.61 Å². The van der Waals surface area contributed by atoms with Crippen LogP contribution in [0.4, 0.5) is 5.69 Å². The zero-order chi connectivity index (χ0) is 18.9. The summed E-state index contributed by atoms with van der Waals surface area (Å²) in [6.07, 6.45) is 0. The number of anilines is 1. The minimum Gasteiger partial charge on any atom is -0.460 e. The molecule has 2 heterocycles. The van der Waals surface area contributed by atoms with E-state index in [1.54, 1.807) is 24.3 Å². The van der Waals surface area contributed by atoms with Crippen molar-refractivity contribution in [1.29, 1.82) is 5.26 Å². The van der Waals surface area contributed by atoms with E-state index in [1.165, 1.54) is 14.0 Å². The molecular formula is C18H17N3O5. The second-order valence-corrected chi connectivity index (χ2v) is 5.76. The summed E-state index contributed by atoms with van der Waals surface area (Å²) in [6, 6.07) is 8.74. The van der Waals surface area contributed by atoms with Crippen molar-refractivity contribution in [3.05, 3.63) is 52.6 Å². The van der Waals surface area contributed by atoms with Gasteiger partial charge in [-0.2, -0.15) is 5.26 Å². The van der Waals surface area contributed by atoms with Gasteiger partial charge < -0.3 is 25.3 Å². The van der Waals surface area contributed by atoms with Crippen LogP contribution in [0.25, 0.3) is 0 Å². The molecule has 0 saturated carbocycles. The predicted molar refractivity (Wildman–Crippen MR) is 90.2 cm³/mol. The van der Waals surface area contributed by atoms with Crippen LogP contribution in [-0.2, 0) is 29.2 Å². The van der Waals surface area contributed by atoms with Crippen molar-refractivity contribution in [3.8, 4) is 6.07 Å². The molecule has 8 nitrogen and oxygen atoms in total. The molecule has 0 bridgehead atoms. The molecule has 1 amide bonds. The molecule has 1 atom stereocenters. The molecule has 26 heavy (non-hydrogen) atoms. The zero-order valence-electron chi connectivity index (χ0n) is 14.3. The van der Waals surface area contributed by atoms with E-state index in [1.807, 2.05) is 6.07 Å². The normalized spacial score (nSPS) is 21.2. The molecule has 0 saturated heterocycles. The van der Waals surface area contributed by atoms with Gasteiger partial charge in [-0.1, -0.05) is 18.2 Å². The number of nitrogens with two attached hydrogens (primary N) is 1. The summed E-state index contributed by atoms with van der Waals surface area (Å²) in [4.78, 5) is 25.8. The van der Waals surface area contributed by atoms with Crippen molar-refractivity contribution in [2.45, 2.75) is 12.3 Å². The molecular weight excluding hydrogens is 338 g/mol. The van der Waals surface area contributed by atoms with Gasteiger partial charge in [0, 0.05) is 18.4 Å². The molecule has 0 unspecified atom stereocenters. The molecule has 0 radical (unpaired) electrons. The van der Waals surface area contributed by atoms with E-state index in [9.17, 15) is 14.9 Å². The Kier molecular flexibility index (Phi) is 4.40. The van der Waals surface area contributed by atoms with E-state index < -0.39 is 17.3 Å². The molecule has 3 rings (SSSR count). The van der Waals surface area contributed by atoms with Crippen LogP contribution in [-0.4, -0.2) is 32.2 Å². The Morgan fingerprint density at radius 2 is 2.12 bits per heavy atom. The number of benzene rings is 1.